The van der Waals surface area contributed by atoms with E-state index in [2.05, 4.69) is 6.58 Å². The minimum Gasteiger partial charge on any atom is -0.489 e. The van der Waals surface area contributed by atoms with Crippen LogP contribution in [0.4, 0.5) is 0 Å². The Balaban J connectivity index is 2.05. The zero-order chi connectivity index (χ0) is 14.4. The monoisotopic (exact) mass is 268 g/mol. The molecule has 0 saturated heterocycles. The third-order valence-electron chi connectivity index (χ3n) is 2.93. The summed E-state index contributed by atoms with van der Waals surface area (Å²) in [5.74, 6) is -0.0940. The average Bonchev–Trinajstić information content (AvgIpc) is 2.47. The number of aromatic carboxylic acids is 1. The van der Waals surface area contributed by atoms with Gasteiger partial charge in [0.2, 0.25) is 0 Å². The van der Waals surface area contributed by atoms with Crippen molar-refractivity contribution in [2.75, 3.05) is 0 Å². The van der Waals surface area contributed by atoms with E-state index < -0.39 is 5.97 Å². The second-order valence-corrected chi connectivity index (χ2v) is 4.39. The molecule has 1 N–H and O–H groups in total. The summed E-state index contributed by atoms with van der Waals surface area (Å²) < 4.78 is 5.78. The number of hydrogen-bond acceptors (Lipinski definition) is 2. The van der Waals surface area contributed by atoms with Crippen LogP contribution in [0.25, 0.3) is 0 Å². The predicted molar refractivity (Wildman–Crippen MR) is 78.1 cm³/mol. The Kier molecular flexibility index (Phi) is 4.56. The van der Waals surface area contributed by atoms with Crippen molar-refractivity contribution in [3.8, 4) is 5.75 Å². The topological polar surface area (TPSA) is 46.5 Å². The maximum atomic E-state index is 10.8. The first-order chi connectivity index (χ1) is 9.70. The highest BCUT2D eigenvalue weighted by atomic mass is 16.5. The number of carboxylic acid groups (broad SMARTS) is 1. The van der Waals surface area contributed by atoms with Crippen molar-refractivity contribution in [2.45, 2.75) is 13.0 Å². The summed E-state index contributed by atoms with van der Waals surface area (Å²) >= 11 is 0. The molecule has 2 rings (SSSR count). The Hall–Kier alpha value is -2.55. The van der Waals surface area contributed by atoms with Gasteiger partial charge in [-0.2, -0.15) is 0 Å². The van der Waals surface area contributed by atoms with E-state index in [1.54, 1.807) is 24.3 Å². The highest BCUT2D eigenvalue weighted by Crippen LogP contribution is 2.20. The van der Waals surface area contributed by atoms with Gasteiger partial charge in [-0.25, -0.2) is 4.79 Å². The summed E-state index contributed by atoms with van der Waals surface area (Å²) in [5, 5.41) is 8.84. The quantitative estimate of drug-likeness (QED) is 0.813. The first-order valence-electron chi connectivity index (χ1n) is 6.34. The molecule has 0 amide bonds. The molecule has 0 aliphatic carbocycles. The van der Waals surface area contributed by atoms with Crippen molar-refractivity contribution >= 4 is 5.97 Å². The third kappa shape index (κ3) is 3.48. The molecule has 2 aromatic rings. The normalized spacial score (nSPS) is 10.0. The molecule has 0 aliphatic rings. The van der Waals surface area contributed by atoms with E-state index in [0.29, 0.717) is 6.61 Å². The van der Waals surface area contributed by atoms with Gasteiger partial charge in [-0.05, 0) is 35.7 Å². The van der Waals surface area contributed by atoms with E-state index in [4.69, 9.17) is 9.84 Å². The fraction of sp³-hybridized carbons (Fsp3) is 0.118. The van der Waals surface area contributed by atoms with Crippen LogP contribution in [0, 0.1) is 0 Å². The molecule has 20 heavy (non-hydrogen) atoms. The molecule has 3 heteroatoms. The Bertz CT molecular complexity index is 600. The van der Waals surface area contributed by atoms with Gasteiger partial charge in [-0.3, -0.25) is 0 Å². The van der Waals surface area contributed by atoms with Gasteiger partial charge in [0.1, 0.15) is 12.4 Å². The minimum absolute atomic E-state index is 0.279. The largest absolute Gasteiger partial charge is 0.489 e. The van der Waals surface area contributed by atoms with Crippen LogP contribution in [-0.4, -0.2) is 11.1 Å². The molecule has 0 saturated carbocycles. The van der Waals surface area contributed by atoms with Gasteiger partial charge < -0.3 is 9.84 Å². The van der Waals surface area contributed by atoms with E-state index in [1.807, 2.05) is 30.3 Å². The van der Waals surface area contributed by atoms with Crippen LogP contribution < -0.4 is 4.74 Å². The lowest BCUT2D eigenvalue weighted by Crippen LogP contribution is -2.00. The maximum absolute atomic E-state index is 10.8. The van der Waals surface area contributed by atoms with Gasteiger partial charge in [-0.15, -0.1) is 6.58 Å². The first-order valence-corrected chi connectivity index (χ1v) is 6.34. The lowest BCUT2D eigenvalue weighted by Gasteiger charge is -2.10. The zero-order valence-electron chi connectivity index (χ0n) is 11.1. The van der Waals surface area contributed by atoms with Crippen molar-refractivity contribution in [1.29, 1.82) is 0 Å². The molecule has 102 valence electrons. The van der Waals surface area contributed by atoms with Crippen LogP contribution in [-0.2, 0) is 13.0 Å². The number of rotatable bonds is 6. The summed E-state index contributed by atoms with van der Waals surface area (Å²) in [5.41, 5.74) is 2.30. The van der Waals surface area contributed by atoms with Crippen LogP contribution in [0.2, 0.25) is 0 Å². The van der Waals surface area contributed by atoms with Crippen molar-refractivity contribution in [3.05, 3.63) is 77.9 Å². The van der Waals surface area contributed by atoms with Gasteiger partial charge in [0.25, 0.3) is 0 Å². The predicted octanol–water partition coefficient (Wildman–Crippen LogP) is 3.69. The van der Waals surface area contributed by atoms with Gasteiger partial charge in [-0.1, -0.05) is 36.4 Å². The van der Waals surface area contributed by atoms with Gasteiger partial charge in [0.15, 0.2) is 0 Å². The SMILES string of the molecule is C=CCc1ccccc1OCc1ccc(C(=O)O)cc1. The number of carbonyl (C=O) groups is 1. The molecular weight excluding hydrogens is 252 g/mol. The van der Waals surface area contributed by atoms with Crippen LogP contribution in [0.15, 0.2) is 61.2 Å². The highest BCUT2D eigenvalue weighted by molar-refractivity contribution is 5.87. The summed E-state index contributed by atoms with van der Waals surface area (Å²) in [6.45, 7) is 4.14. The maximum Gasteiger partial charge on any atom is 0.335 e. The smallest absolute Gasteiger partial charge is 0.335 e. The highest BCUT2D eigenvalue weighted by Gasteiger charge is 2.04. The van der Waals surface area contributed by atoms with Crippen LogP contribution in [0.5, 0.6) is 5.75 Å². The molecule has 0 bridgehead atoms. The van der Waals surface area contributed by atoms with E-state index in [9.17, 15) is 4.79 Å². The molecule has 0 atom stereocenters. The lowest BCUT2D eigenvalue weighted by atomic mass is 10.1. The number of hydrogen-bond donors (Lipinski definition) is 1. The van der Waals surface area contributed by atoms with E-state index in [1.165, 1.54) is 0 Å². The number of benzene rings is 2. The number of allylic oxidation sites excluding steroid dienone is 1. The fourth-order valence-electron chi connectivity index (χ4n) is 1.87. The van der Waals surface area contributed by atoms with E-state index >= 15 is 0 Å². The summed E-state index contributed by atoms with van der Waals surface area (Å²) in [6.07, 6.45) is 2.60. The fourth-order valence-corrected chi connectivity index (χ4v) is 1.87. The molecule has 0 aliphatic heterocycles. The Morgan fingerprint density at radius 3 is 2.50 bits per heavy atom. The molecule has 0 fully saturated rings. The van der Waals surface area contributed by atoms with Crippen molar-refractivity contribution in [3.63, 3.8) is 0 Å². The molecule has 0 radical (unpaired) electrons. The van der Waals surface area contributed by atoms with E-state index in [-0.39, 0.29) is 5.56 Å². The van der Waals surface area contributed by atoms with Crippen LogP contribution in [0.1, 0.15) is 21.5 Å². The van der Waals surface area contributed by atoms with Crippen LogP contribution >= 0.6 is 0 Å². The van der Waals surface area contributed by atoms with Gasteiger partial charge >= 0.3 is 5.97 Å². The van der Waals surface area contributed by atoms with Gasteiger partial charge in [0.05, 0.1) is 5.56 Å². The Labute approximate surface area is 118 Å². The van der Waals surface area contributed by atoms with Gasteiger partial charge in [0, 0.05) is 0 Å². The summed E-state index contributed by atoms with van der Waals surface area (Å²) in [4.78, 5) is 10.8. The summed E-state index contributed by atoms with van der Waals surface area (Å²) in [6, 6.07) is 14.5. The molecule has 0 heterocycles. The molecule has 0 spiro atoms. The average molecular weight is 268 g/mol. The number of carboxylic acids is 1. The molecule has 2 aromatic carbocycles. The number of para-hydroxylation sites is 1. The standard InChI is InChI=1S/C17H16O3/c1-2-5-14-6-3-4-7-16(14)20-12-13-8-10-15(11-9-13)17(18)19/h2-4,6-11H,1,5,12H2,(H,18,19). The second-order valence-electron chi connectivity index (χ2n) is 4.39. The third-order valence-corrected chi connectivity index (χ3v) is 2.93. The van der Waals surface area contributed by atoms with Crippen LogP contribution in [0.3, 0.4) is 0 Å². The van der Waals surface area contributed by atoms with E-state index in [0.717, 1.165) is 23.3 Å². The van der Waals surface area contributed by atoms with Crippen molar-refractivity contribution in [1.82, 2.24) is 0 Å². The minimum atomic E-state index is -0.922. The first kappa shape index (κ1) is 13.9. The lowest BCUT2D eigenvalue weighted by molar-refractivity contribution is 0.0697. The zero-order valence-corrected chi connectivity index (χ0v) is 11.1. The molecular formula is C17H16O3. The summed E-state index contributed by atoms with van der Waals surface area (Å²) in [7, 11) is 0. The Morgan fingerprint density at radius 1 is 1.15 bits per heavy atom. The Morgan fingerprint density at radius 2 is 1.85 bits per heavy atom. The molecule has 3 nitrogen and oxygen atoms in total. The molecule has 0 aromatic heterocycles. The molecule has 0 unspecified atom stereocenters. The second kappa shape index (κ2) is 6.57. The number of ether oxygens (including phenoxy) is 1. The van der Waals surface area contributed by atoms with Crippen molar-refractivity contribution < 1.29 is 14.6 Å². The van der Waals surface area contributed by atoms with Crippen molar-refractivity contribution in [2.24, 2.45) is 0 Å².